The summed E-state index contributed by atoms with van der Waals surface area (Å²) in [6.45, 7) is 3.54. The first-order valence-electron chi connectivity index (χ1n) is 11.8. The van der Waals surface area contributed by atoms with Gasteiger partial charge in [0.25, 0.3) is 0 Å². The van der Waals surface area contributed by atoms with Crippen LogP contribution in [-0.4, -0.2) is 40.4 Å². The maximum atomic E-state index is 13.0. The molecule has 0 radical (unpaired) electrons. The van der Waals surface area contributed by atoms with Crippen molar-refractivity contribution in [3.63, 3.8) is 0 Å². The second kappa shape index (κ2) is 8.75. The number of benzene rings is 1. The summed E-state index contributed by atoms with van der Waals surface area (Å²) in [5.41, 5.74) is 3.37. The van der Waals surface area contributed by atoms with Crippen LogP contribution in [0.1, 0.15) is 62.6 Å². The Bertz CT molecular complexity index is 886. The highest BCUT2D eigenvalue weighted by Gasteiger charge is 2.29. The zero-order chi connectivity index (χ0) is 20.3. The number of hydrogen-bond acceptors (Lipinski definition) is 4. The number of anilines is 1. The molecule has 0 atom stereocenters. The number of carbonyl (C=O) groups excluding carboxylic acids is 1. The average molecular weight is 405 g/mol. The predicted octanol–water partition coefficient (Wildman–Crippen LogP) is 4.60. The molecular weight excluding hydrogens is 372 g/mol. The van der Waals surface area contributed by atoms with E-state index in [1.807, 2.05) is 18.2 Å². The number of nitrogens with zero attached hydrogens (tertiary/aromatic N) is 4. The van der Waals surface area contributed by atoms with Gasteiger partial charge in [0.15, 0.2) is 5.82 Å². The summed E-state index contributed by atoms with van der Waals surface area (Å²) in [5, 5.41) is 0. The summed E-state index contributed by atoms with van der Waals surface area (Å²) >= 11 is 0. The molecule has 2 aliphatic heterocycles. The minimum absolute atomic E-state index is 0.312. The Balaban J connectivity index is 1.39. The van der Waals surface area contributed by atoms with Crippen molar-refractivity contribution in [3.05, 3.63) is 41.6 Å². The zero-order valence-electron chi connectivity index (χ0n) is 17.9. The minimum atomic E-state index is 0.312. The number of carbonyl (C=O) groups is 1. The molecule has 1 saturated carbocycles. The lowest BCUT2D eigenvalue weighted by atomic mass is 10.00. The summed E-state index contributed by atoms with van der Waals surface area (Å²) in [5.74, 6) is 2.96. The van der Waals surface area contributed by atoms with Gasteiger partial charge in [-0.2, -0.15) is 0 Å². The second-order valence-corrected chi connectivity index (χ2v) is 9.11. The number of fused-ring (bicyclic) bond motifs is 1. The first-order valence-corrected chi connectivity index (χ1v) is 11.8. The first kappa shape index (κ1) is 19.5. The smallest absolute Gasteiger partial charge is 0.222 e. The summed E-state index contributed by atoms with van der Waals surface area (Å²) < 4.78 is 0. The molecule has 2 fully saturated rings. The first-order chi connectivity index (χ1) is 14.8. The highest BCUT2D eigenvalue weighted by Crippen LogP contribution is 2.33. The molecule has 0 unspecified atom stereocenters. The average Bonchev–Trinajstić information content (AvgIpc) is 3.51. The fourth-order valence-electron chi connectivity index (χ4n) is 5.30. The van der Waals surface area contributed by atoms with Crippen molar-refractivity contribution in [1.29, 1.82) is 0 Å². The van der Waals surface area contributed by atoms with E-state index >= 15 is 0 Å². The van der Waals surface area contributed by atoms with Crippen LogP contribution in [0.5, 0.6) is 0 Å². The van der Waals surface area contributed by atoms with E-state index in [1.54, 1.807) is 0 Å². The lowest BCUT2D eigenvalue weighted by molar-refractivity contribution is -0.132. The summed E-state index contributed by atoms with van der Waals surface area (Å²) in [6, 6.07) is 10.3. The molecule has 158 valence electrons. The molecule has 5 rings (SSSR count). The van der Waals surface area contributed by atoms with Crippen LogP contribution in [-0.2, 0) is 17.8 Å². The van der Waals surface area contributed by atoms with E-state index in [4.69, 9.17) is 9.97 Å². The summed E-state index contributed by atoms with van der Waals surface area (Å²) in [6.07, 6.45) is 10.3. The Morgan fingerprint density at radius 3 is 2.50 bits per heavy atom. The molecule has 3 heterocycles. The van der Waals surface area contributed by atoms with Gasteiger partial charge in [0.1, 0.15) is 5.82 Å². The maximum absolute atomic E-state index is 13.0. The van der Waals surface area contributed by atoms with Gasteiger partial charge in [-0.1, -0.05) is 56.0 Å². The van der Waals surface area contributed by atoms with Crippen molar-refractivity contribution in [2.45, 2.75) is 64.3 Å². The Hall–Kier alpha value is -2.43. The molecule has 0 N–H and O–H groups in total. The van der Waals surface area contributed by atoms with E-state index < -0.39 is 0 Å². The van der Waals surface area contributed by atoms with E-state index in [2.05, 4.69) is 21.9 Å². The molecular formula is C25H32N4O. The molecule has 5 nitrogen and oxygen atoms in total. The Morgan fingerprint density at radius 1 is 0.967 bits per heavy atom. The van der Waals surface area contributed by atoms with Gasteiger partial charge in [0.05, 0.1) is 12.2 Å². The molecule has 30 heavy (non-hydrogen) atoms. The van der Waals surface area contributed by atoms with Crippen LogP contribution in [0.3, 0.4) is 0 Å². The fraction of sp³-hybridized carbons (Fsp3) is 0.560. The van der Waals surface area contributed by atoms with E-state index in [0.29, 0.717) is 18.9 Å². The third-order valence-corrected chi connectivity index (χ3v) is 7.07. The van der Waals surface area contributed by atoms with Crippen molar-refractivity contribution < 1.29 is 4.79 Å². The Labute approximate surface area is 179 Å². The van der Waals surface area contributed by atoms with Crippen molar-refractivity contribution in [2.24, 2.45) is 5.92 Å². The van der Waals surface area contributed by atoms with Crippen LogP contribution in [0.2, 0.25) is 0 Å². The molecule has 1 aromatic carbocycles. The van der Waals surface area contributed by atoms with E-state index in [0.717, 1.165) is 61.3 Å². The highest BCUT2D eigenvalue weighted by molar-refractivity contribution is 5.77. The molecule has 0 spiro atoms. The molecule has 1 aromatic heterocycles. The van der Waals surface area contributed by atoms with E-state index in [9.17, 15) is 4.79 Å². The van der Waals surface area contributed by atoms with Crippen LogP contribution in [0.4, 0.5) is 5.82 Å². The van der Waals surface area contributed by atoms with Gasteiger partial charge in [-0.25, -0.2) is 9.97 Å². The van der Waals surface area contributed by atoms with Crippen LogP contribution in [0.25, 0.3) is 11.4 Å². The van der Waals surface area contributed by atoms with Crippen molar-refractivity contribution >= 4 is 11.7 Å². The van der Waals surface area contributed by atoms with Gasteiger partial charge in [-0.3, -0.25) is 4.79 Å². The third kappa shape index (κ3) is 4.07. The molecule has 5 heteroatoms. The monoisotopic (exact) mass is 404 g/mol. The van der Waals surface area contributed by atoms with Gasteiger partial charge in [0, 0.05) is 43.6 Å². The zero-order valence-corrected chi connectivity index (χ0v) is 17.9. The van der Waals surface area contributed by atoms with Gasteiger partial charge in [-0.15, -0.1) is 0 Å². The highest BCUT2D eigenvalue weighted by atomic mass is 16.2. The molecule has 2 aromatic rings. The lowest BCUT2D eigenvalue weighted by Crippen LogP contribution is -2.38. The predicted molar refractivity (Wildman–Crippen MR) is 119 cm³/mol. The topological polar surface area (TPSA) is 49.3 Å². The minimum Gasteiger partial charge on any atom is -0.356 e. The van der Waals surface area contributed by atoms with Crippen molar-refractivity contribution in [1.82, 2.24) is 14.9 Å². The third-order valence-electron chi connectivity index (χ3n) is 7.07. The molecule has 1 amide bonds. The molecule has 0 bridgehead atoms. The number of amides is 1. The summed E-state index contributed by atoms with van der Waals surface area (Å²) in [7, 11) is 0. The molecule has 3 aliphatic rings. The second-order valence-electron chi connectivity index (χ2n) is 9.11. The van der Waals surface area contributed by atoms with E-state index in [1.165, 1.54) is 44.1 Å². The normalized spacial score (nSPS) is 19.3. The van der Waals surface area contributed by atoms with Crippen LogP contribution < -0.4 is 4.90 Å². The fourth-order valence-corrected chi connectivity index (χ4v) is 5.30. The largest absolute Gasteiger partial charge is 0.356 e. The SMILES string of the molecule is O=C(CCC1CCCC1)N1CCc2nc(-c3ccccc3)nc(N3CCCC3)c2C1. The number of aromatic nitrogens is 2. The van der Waals surface area contributed by atoms with Crippen molar-refractivity contribution in [3.8, 4) is 11.4 Å². The van der Waals surface area contributed by atoms with E-state index in [-0.39, 0.29) is 0 Å². The summed E-state index contributed by atoms with van der Waals surface area (Å²) in [4.78, 5) is 27.4. The van der Waals surface area contributed by atoms with Crippen LogP contribution >= 0.6 is 0 Å². The van der Waals surface area contributed by atoms with Gasteiger partial charge >= 0.3 is 0 Å². The Kier molecular flexibility index (Phi) is 5.69. The van der Waals surface area contributed by atoms with Crippen LogP contribution in [0, 0.1) is 5.92 Å². The number of rotatable bonds is 5. The quantitative estimate of drug-likeness (QED) is 0.731. The molecule has 1 aliphatic carbocycles. The molecule has 1 saturated heterocycles. The van der Waals surface area contributed by atoms with Gasteiger partial charge in [-0.05, 0) is 25.2 Å². The van der Waals surface area contributed by atoms with Crippen LogP contribution in [0.15, 0.2) is 30.3 Å². The Morgan fingerprint density at radius 2 is 1.73 bits per heavy atom. The maximum Gasteiger partial charge on any atom is 0.222 e. The number of hydrogen-bond donors (Lipinski definition) is 0. The van der Waals surface area contributed by atoms with Crippen molar-refractivity contribution in [2.75, 3.05) is 24.5 Å². The standard InChI is InChI=1S/C25H32N4O/c30-23(13-12-19-8-4-5-9-19)29-17-14-22-21(18-29)25(28-15-6-7-16-28)27-24(26-22)20-10-2-1-3-11-20/h1-3,10-11,19H,4-9,12-18H2. The van der Waals surface area contributed by atoms with Gasteiger partial charge in [0.2, 0.25) is 5.91 Å². The lowest BCUT2D eigenvalue weighted by Gasteiger charge is -2.32. The van der Waals surface area contributed by atoms with Gasteiger partial charge < -0.3 is 9.80 Å².